The lowest BCUT2D eigenvalue weighted by Crippen LogP contribution is -2.21. The van der Waals surface area contributed by atoms with Gasteiger partial charge in [-0.1, -0.05) is 57.9 Å². The van der Waals surface area contributed by atoms with Crippen LogP contribution in [0.2, 0.25) is 0 Å². The molecule has 3 aromatic carbocycles. The van der Waals surface area contributed by atoms with Crippen molar-refractivity contribution in [2.24, 2.45) is 5.10 Å². The Morgan fingerprint density at radius 2 is 1.91 bits per heavy atom. The number of aryl methyl sites for hydroxylation is 1. The van der Waals surface area contributed by atoms with Gasteiger partial charge in [-0.3, -0.25) is 14.7 Å². The summed E-state index contributed by atoms with van der Waals surface area (Å²) >= 11 is 7.94. The first-order chi connectivity index (χ1) is 16.9. The van der Waals surface area contributed by atoms with E-state index in [1.807, 2.05) is 37.3 Å². The Morgan fingerprint density at radius 1 is 1.09 bits per heavy atom. The van der Waals surface area contributed by atoms with Crippen LogP contribution in [0.3, 0.4) is 0 Å². The van der Waals surface area contributed by atoms with E-state index in [9.17, 15) is 9.59 Å². The van der Waals surface area contributed by atoms with Crippen molar-refractivity contribution in [3.63, 3.8) is 0 Å². The van der Waals surface area contributed by atoms with Gasteiger partial charge in [0.15, 0.2) is 5.82 Å². The number of hydrogen-bond donors (Lipinski definition) is 4. The van der Waals surface area contributed by atoms with Crippen LogP contribution in [0.15, 0.2) is 82.6 Å². The Hall–Kier alpha value is -3.76. The molecule has 1 heterocycles. The molecule has 3 N–H and O–H groups in total. The molecule has 0 spiro atoms. The quantitative estimate of drug-likeness (QED) is 0.149. The van der Waals surface area contributed by atoms with Crippen LogP contribution < -0.4 is 10.7 Å². The summed E-state index contributed by atoms with van der Waals surface area (Å²) in [6.07, 6.45) is 3.04. The maximum absolute atomic E-state index is 13.0. The number of anilines is 1. The fourth-order valence-corrected chi connectivity index (χ4v) is 3.98. The molecule has 0 aliphatic rings. The first kappa shape index (κ1) is 24.4. The van der Waals surface area contributed by atoms with Crippen LogP contribution in [0.1, 0.15) is 48.5 Å². The van der Waals surface area contributed by atoms with Crippen LogP contribution in [0, 0.1) is 6.92 Å². The largest absolute Gasteiger partial charge is 0.321 e. The Labute approximate surface area is 215 Å². The second-order valence-electron chi connectivity index (χ2n) is 7.64. The highest BCUT2D eigenvalue weighted by molar-refractivity contribution is 9.10. The van der Waals surface area contributed by atoms with E-state index in [2.05, 4.69) is 59.6 Å². The smallest absolute Gasteiger partial charge is 0.273 e. The predicted octanol–water partition coefficient (Wildman–Crippen LogP) is 4.91. The summed E-state index contributed by atoms with van der Waals surface area (Å²) in [5.74, 6) is -0.328. The molecule has 0 aliphatic heterocycles. The number of hydrogen-bond acceptors (Lipinski definition) is 6. The number of aromatic nitrogens is 3. The van der Waals surface area contributed by atoms with Crippen LogP contribution in [-0.4, -0.2) is 33.2 Å². The number of aromatic amines is 1. The molecule has 176 valence electrons. The van der Waals surface area contributed by atoms with Gasteiger partial charge in [0, 0.05) is 10.0 Å². The van der Waals surface area contributed by atoms with E-state index in [1.165, 1.54) is 6.33 Å². The summed E-state index contributed by atoms with van der Waals surface area (Å²) in [5, 5.41) is 13.2. The van der Waals surface area contributed by atoms with E-state index in [4.69, 9.17) is 0 Å². The van der Waals surface area contributed by atoms with Crippen molar-refractivity contribution in [3.05, 3.63) is 111 Å². The van der Waals surface area contributed by atoms with Gasteiger partial charge in [0.1, 0.15) is 6.33 Å². The summed E-state index contributed by atoms with van der Waals surface area (Å²) in [7, 11) is 0. The lowest BCUT2D eigenvalue weighted by molar-refractivity contribution is 0.0956. The fraction of sp³-hybridized carbons (Fsp3) is 0.0800. The van der Waals surface area contributed by atoms with E-state index < -0.39 is 11.2 Å². The minimum Gasteiger partial charge on any atom is -0.321 e. The zero-order valence-electron chi connectivity index (χ0n) is 18.6. The number of halogens is 1. The van der Waals surface area contributed by atoms with Crippen molar-refractivity contribution in [1.29, 1.82) is 0 Å². The maximum atomic E-state index is 13.0. The van der Waals surface area contributed by atoms with Crippen LogP contribution in [0.25, 0.3) is 0 Å². The number of hydrazone groups is 1. The van der Waals surface area contributed by atoms with Gasteiger partial charge in [-0.2, -0.15) is 22.8 Å². The Morgan fingerprint density at radius 3 is 2.69 bits per heavy atom. The zero-order valence-corrected chi connectivity index (χ0v) is 21.0. The summed E-state index contributed by atoms with van der Waals surface area (Å²) in [5.41, 5.74) is 6.25. The van der Waals surface area contributed by atoms with Gasteiger partial charge in [-0.25, -0.2) is 10.4 Å². The number of thiol groups is 1. The van der Waals surface area contributed by atoms with Crippen LogP contribution >= 0.6 is 28.6 Å². The minimum absolute atomic E-state index is 0.262. The second kappa shape index (κ2) is 11.1. The van der Waals surface area contributed by atoms with Crippen molar-refractivity contribution in [1.82, 2.24) is 20.6 Å². The van der Waals surface area contributed by atoms with Gasteiger partial charge in [0.25, 0.3) is 11.8 Å². The van der Waals surface area contributed by atoms with E-state index in [0.29, 0.717) is 21.5 Å². The van der Waals surface area contributed by atoms with E-state index >= 15 is 0 Å². The number of amides is 2. The zero-order chi connectivity index (χ0) is 24.8. The molecule has 10 heteroatoms. The molecule has 2 amide bonds. The number of H-pyrrole nitrogens is 1. The highest BCUT2D eigenvalue weighted by atomic mass is 79.9. The summed E-state index contributed by atoms with van der Waals surface area (Å²) in [6, 6.07) is 19.7. The topological polar surface area (TPSA) is 112 Å². The molecule has 35 heavy (non-hydrogen) atoms. The van der Waals surface area contributed by atoms with Crippen LogP contribution in [-0.2, 0) is 0 Å². The monoisotopic (exact) mass is 548 g/mol. The lowest BCUT2D eigenvalue weighted by Gasteiger charge is -2.12. The van der Waals surface area contributed by atoms with Crippen molar-refractivity contribution >= 4 is 52.3 Å². The Kier molecular flexibility index (Phi) is 7.74. The average molecular weight is 549 g/mol. The van der Waals surface area contributed by atoms with E-state index in [0.717, 1.165) is 16.7 Å². The van der Waals surface area contributed by atoms with Gasteiger partial charge in [0.2, 0.25) is 0 Å². The third-order valence-electron chi connectivity index (χ3n) is 5.04. The molecular weight excluding hydrogens is 528 g/mol. The normalized spacial score (nSPS) is 11.9. The number of carbonyl (C=O) groups is 2. The Bertz CT molecular complexity index is 1390. The molecule has 1 unspecified atom stereocenters. The number of benzene rings is 3. The third-order valence-corrected chi connectivity index (χ3v) is 6.06. The van der Waals surface area contributed by atoms with E-state index in [-0.39, 0.29) is 11.5 Å². The second-order valence-corrected chi connectivity index (χ2v) is 9.07. The predicted molar refractivity (Wildman–Crippen MR) is 142 cm³/mol. The molecule has 1 aromatic heterocycles. The van der Waals surface area contributed by atoms with Crippen molar-refractivity contribution in [3.8, 4) is 0 Å². The summed E-state index contributed by atoms with van der Waals surface area (Å²) in [6.45, 7) is 1.98. The molecule has 0 saturated heterocycles. The van der Waals surface area contributed by atoms with Gasteiger partial charge < -0.3 is 5.32 Å². The van der Waals surface area contributed by atoms with Crippen LogP contribution in [0.5, 0.6) is 0 Å². The van der Waals surface area contributed by atoms with E-state index in [1.54, 1.807) is 42.6 Å². The van der Waals surface area contributed by atoms with Crippen LogP contribution in [0.4, 0.5) is 5.69 Å². The molecule has 4 rings (SSSR count). The van der Waals surface area contributed by atoms with Crippen molar-refractivity contribution in [2.45, 2.75) is 12.2 Å². The van der Waals surface area contributed by atoms with Gasteiger partial charge in [-0.05, 0) is 48.4 Å². The average Bonchev–Trinajstić information content (AvgIpc) is 3.40. The standard InChI is InChI=1S/C25H21BrN6O2S/c1-15-4-2-5-16(10-15)13-28-32-25(34)20-12-19(26)8-9-21(20)30-24(33)18-7-3-6-17(11-18)22(35)23-27-14-29-31-23/h2-14,22,35H,1H3,(H,30,33)(H,32,34)(H,27,29,31)/b28-13+. The first-order valence-corrected chi connectivity index (χ1v) is 11.9. The molecule has 0 saturated carbocycles. The molecule has 8 nitrogen and oxygen atoms in total. The molecule has 1 atom stereocenters. The fourth-order valence-electron chi connectivity index (χ4n) is 3.33. The van der Waals surface area contributed by atoms with Crippen molar-refractivity contribution in [2.75, 3.05) is 5.32 Å². The minimum atomic E-state index is -0.459. The maximum Gasteiger partial charge on any atom is 0.273 e. The first-order valence-electron chi connectivity index (χ1n) is 10.6. The summed E-state index contributed by atoms with van der Waals surface area (Å²) < 4.78 is 0.690. The molecule has 0 bridgehead atoms. The molecule has 0 radical (unpaired) electrons. The summed E-state index contributed by atoms with van der Waals surface area (Å²) in [4.78, 5) is 30.0. The molecule has 0 fully saturated rings. The SMILES string of the molecule is Cc1cccc(/C=N/NC(=O)c2cc(Br)ccc2NC(=O)c2cccc(C(S)c3nc[nH]n3)c2)c1. The highest BCUT2D eigenvalue weighted by Gasteiger charge is 2.18. The number of nitrogens with zero attached hydrogens (tertiary/aromatic N) is 3. The van der Waals surface area contributed by atoms with Gasteiger partial charge >= 0.3 is 0 Å². The molecule has 0 aliphatic carbocycles. The third kappa shape index (κ3) is 6.23. The Balaban J connectivity index is 1.50. The van der Waals surface area contributed by atoms with Gasteiger partial charge in [-0.15, -0.1) is 0 Å². The van der Waals surface area contributed by atoms with Crippen molar-refractivity contribution < 1.29 is 9.59 Å². The highest BCUT2D eigenvalue weighted by Crippen LogP contribution is 2.27. The lowest BCUT2D eigenvalue weighted by atomic mass is 10.1. The number of rotatable bonds is 7. The van der Waals surface area contributed by atoms with Gasteiger partial charge in [0.05, 0.1) is 22.7 Å². The number of nitrogens with one attached hydrogen (secondary N) is 3. The number of carbonyl (C=O) groups excluding carboxylic acids is 2. The molecular formula is C25H21BrN6O2S. The molecule has 4 aromatic rings.